The zero-order valence-electron chi connectivity index (χ0n) is 19.6. The van der Waals surface area contributed by atoms with Crippen LogP contribution in [0.25, 0.3) is 5.69 Å². The molecule has 1 aliphatic heterocycles. The van der Waals surface area contributed by atoms with Gasteiger partial charge in [0.1, 0.15) is 0 Å². The summed E-state index contributed by atoms with van der Waals surface area (Å²) >= 11 is 1.37. The lowest BCUT2D eigenvalue weighted by Crippen LogP contribution is -2.37. The van der Waals surface area contributed by atoms with Gasteiger partial charge in [-0.15, -0.1) is 10.2 Å². The van der Waals surface area contributed by atoms with E-state index in [0.717, 1.165) is 36.0 Å². The molecule has 0 radical (unpaired) electrons. The van der Waals surface area contributed by atoms with Crippen molar-refractivity contribution < 1.29 is 14.3 Å². The Labute approximate surface area is 197 Å². The lowest BCUT2D eigenvalue weighted by atomic mass is 10.0. The Bertz CT molecular complexity index is 1180. The number of carbonyl (C=O) groups excluding carboxylic acids is 2. The number of rotatable bonds is 7. The van der Waals surface area contributed by atoms with Crippen molar-refractivity contribution in [1.29, 1.82) is 0 Å². The minimum Gasteiger partial charge on any atom is -0.378 e. The molecule has 0 bridgehead atoms. The molecule has 3 heterocycles. The van der Waals surface area contributed by atoms with Crippen LogP contribution in [0.15, 0.2) is 29.4 Å². The number of ketones is 2. The van der Waals surface area contributed by atoms with Crippen molar-refractivity contribution in [2.24, 2.45) is 0 Å². The number of nitrogens with zero attached hydrogens (tertiary/aromatic N) is 4. The molecular formula is C24H29N5O3S. The van der Waals surface area contributed by atoms with Gasteiger partial charge in [-0.2, -0.15) is 0 Å². The largest absolute Gasteiger partial charge is 0.378 e. The Morgan fingerprint density at radius 2 is 1.76 bits per heavy atom. The van der Waals surface area contributed by atoms with Gasteiger partial charge in [-0.25, -0.2) is 0 Å². The van der Waals surface area contributed by atoms with E-state index in [4.69, 9.17) is 4.74 Å². The number of morpholine rings is 1. The predicted octanol–water partition coefficient (Wildman–Crippen LogP) is 3.92. The van der Waals surface area contributed by atoms with Crippen molar-refractivity contribution in [3.05, 3.63) is 52.3 Å². The maximum atomic E-state index is 13.3. The molecule has 0 aliphatic carbocycles. The van der Waals surface area contributed by atoms with Crippen LogP contribution < -0.4 is 4.90 Å². The van der Waals surface area contributed by atoms with Gasteiger partial charge in [0.25, 0.3) is 0 Å². The average molecular weight is 468 g/mol. The molecule has 1 saturated heterocycles. The van der Waals surface area contributed by atoms with E-state index >= 15 is 0 Å². The van der Waals surface area contributed by atoms with E-state index in [1.54, 1.807) is 0 Å². The van der Waals surface area contributed by atoms with E-state index in [-0.39, 0.29) is 11.6 Å². The average Bonchev–Trinajstić information content (AvgIpc) is 3.34. The number of aromatic amines is 1. The van der Waals surface area contributed by atoms with Gasteiger partial charge in [-0.1, -0.05) is 29.5 Å². The van der Waals surface area contributed by atoms with Crippen molar-refractivity contribution in [3.8, 4) is 5.69 Å². The number of H-pyrrole nitrogens is 1. The van der Waals surface area contributed by atoms with Crippen LogP contribution in [0.1, 0.15) is 51.5 Å². The number of aryl methyl sites for hydroxylation is 2. The molecule has 1 aromatic carbocycles. The van der Waals surface area contributed by atoms with Crippen LogP contribution >= 0.6 is 11.8 Å². The lowest BCUT2D eigenvalue weighted by Gasteiger charge is -2.28. The first-order valence-corrected chi connectivity index (χ1v) is 11.9. The molecule has 1 fully saturated rings. The van der Waals surface area contributed by atoms with Crippen LogP contribution in [0.5, 0.6) is 0 Å². The number of Topliss-reactive ketones (excluding diaryl/α,β-unsaturated/α-hetero) is 2. The fourth-order valence-corrected chi connectivity index (χ4v) is 5.09. The summed E-state index contributed by atoms with van der Waals surface area (Å²) in [7, 11) is 0. The van der Waals surface area contributed by atoms with Crippen LogP contribution in [0.3, 0.4) is 0 Å². The van der Waals surface area contributed by atoms with Crippen LogP contribution in [0.4, 0.5) is 5.95 Å². The van der Waals surface area contributed by atoms with Crippen molar-refractivity contribution in [2.75, 3.05) is 31.2 Å². The Kier molecular flexibility index (Phi) is 6.71. The lowest BCUT2D eigenvalue weighted by molar-refractivity contribution is 0.0988. The topological polar surface area (TPSA) is 93.1 Å². The van der Waals surface area contributed by atoms with E-state index in [2.05, 4.69) is 32.2 Å². The number of thioether (sulfide) groups is 1. The predicted molar refractivity (Wildman–Crippen MR) is 129 cm³/mol. The molecule has 0 amide bonds. The molecule has 33 heavy (non-hydrogen) atoms. The highest BCUT2D eigenvalue weighted by Crippen LogP contribution is 2.32. The van der Waals surface area contributed by atoms with E-state index in [1.165, 1.54) is 18.7 Å². The van der Waals surface area contributed by atoms with Crippen LogP contribution in [0, 0.1) is 20.8 Å². The second-order valence-corrected chi connectivity index (χ2v) is 9.67. The molecule has 9 heteroatoms. The zero-order valence-corrected chi connectivity index (χ0v) is 20.5. The summed E-state index contributed by atoms with van der Waals surface area (Å²) in [5, 5.41) is 9.16. The summed E-state index contributed by atoms with van der Waals surface area (Å²) in [5.74, 6) is 0.629. The van der Waals surface area contributed by atoms with E-state index < -0.39 is 5.25 Å². The van der Waals surface area contributed by atoms with Gasteiger partial charge in [-0.05, 0) is 52.3 Å². The first-order valence-electron chi connectivity index (χ1n) is 11.0. The minimum absolute atomic E-state index is 0.0464. The van der Waals surface area contributed by atoms with Crippen LogP contribution in [0.2, 0.25) is 0 Å². The van der Waals surface area contributed by atoms with Gasteiger partial charge in [0.05, 0.1) is 29.8 Å². The van der Waals surface area contributed by atoms with Gasteiger partial charge in [0, 0.05) is 24.3 Å². The molecule has 174 valence electrons. The van der Waals surface area contributed by atoms with Crippen LogP contribution in [-0.4, -0.2) is 62.9 Å². The highest BCUT2D eigenvalue weighted by Gasteiger charge is 2.28. The van der Waals surface area contributed by atoms with Crippen molar-refractivity contribution in [1.82, 2.24) is 19.7 Å². The van der Waals surface area contributed by atoms with E-state index in [1.807, 2.05) is 44.4 Å². The second-order valence-electron chi connectivity index (χ2n) is 8.36. The van der Waals surface area contributed by atoms with Gasteiger partial charge in [0.15, 0.2) is 16.7 Å². The van der Waals surface area contributed by atoms with Gasteiger partial charge < -0.3 is 14.6 Å². The number of carbonyl (C=O) groups is 2. The summed E-state index contributed by atoms with van der Waals surface area (Å²) in [6.45, 7) is 11.8. The van der Waals surface area contributed by atoms with E-state index in [9.17, 15) is 9.59 Å². The standard InChI is InChI=1S/C24H29N5O3S/c1-14-6-8-19(9-7-14)29-23(28-10-12-32-13-11-28)26-27-24(29)33-18(5)22(31)21-15(2)20(17(4)30)16(3)25-21/h6-9,18,25H,10-13H2,1-5H3. The molecular weight excluding hydrogens is 438 g/mol. The van der Waals surface area contributed by atoms with Gasteiger partial charge in [-0.3, -0.25) is 14.2 Å². The molecule has 0 saturated carbocycles. The Morgan fingerprint density at radius 1 is 1.09 bits per heavy atom. The normalized spacial score (nSPS) is 15.0. The number of hydrogen-bond donors (Lipinski definition) is 1. The van der Waals surface area contributed by atoms with Gasteiger partial charge in [0.2, 0.25) is 5.95 Å². The summed E-state index contributed by atoms with van der Waals surface area (Å²) in [4.78, 5) is 30.6. The summed E-state index contributed by atoms with van der Waals surface area (Å²) in [6, 6.07) is 8.18. The molecule has 4 rings (SSSR count). The highest BCUT2D eigenvalue weighted by atomic mass is 32.2. The first-order chi connectivity index (χ1) is 15.8. The maximum absolute atomic E-state index is 13.3. The quantitative estimate of drug-likeness (QED) is 0.416. The molecule has 2 aromatic heterocycles. The number of hydrogen-bond acceptors (Lipinski definition) is 7. The third-order valence-electron chi connectivity index (χ3n) is 5.89. The Morgan fingerprint density at radius 3 is 2.36 bits per heavy atom. The third-order valence-corrected chi connectivity index (χ3v) is 6.93. The van der Waals surface area contributed by atoms with E-state index in [0.29, 0.717) is 35.2 Å². The summed E-state index contributed by atoms with van der Waals surface area (Å²) in [5.41, 5.74) is 4.60. The number of ether oxygens (including phenoxy) is 1. The molecule has 1 unspecified atom stereocenters. The fourth-order valence-electron chi connectivity index (χ4n) is 4.17. The smallest absolute Gasteiger partial charge is 0.232 e. The Balaban J connectivity index is 1.67. The van der Waals surface area contributed by atoms with Crippen molar-refractivity contribution in [3.63, 3.8) is 0 Å². The number of aromatic nitrogens is 4. The maximum Gasteiger partial charge on any atom is 0.232 e. The summed E-state index contributed by atoms with van der Waals surface area (Å²) in [6.07, 6.45) is 0. The molecule has 1 N–H and O–H groups in total. The van der Waals surface area contributed by atoms with Crippen molar-refractivity contribution >= 4 is 29.3 Å². The number of anilines is 1. The summed E-state index contributed by atoms with van der Waals surface area (Å²) < 4.78 is 7.50. The molecule has 8 nitrogen and oxygen atoms in total. The third kappa shape index (κ3) is 4.60. The molecule has 3 aromatic rings. The molecule has 0 spiro atoms. The highest BCUT2D eigenvalue weighted by molar-refractivity contribution is 8.00. The molecule has 1 aliphatic rings. The number of nitrogens with one attached hydrogen (secondary N) is 1. The van der Waals surface area contributed by atoms with Crippen molar-refractivity contribution in [2.45, 2.75) is 45.0 Å². The fraction of sp³-hybridized carbons (Fsp3) is 0.417. The van der Waals surface area contributed by atoms with Gasteiger partial charge >= 0.3 is 0 Å². The second kappa shape index (κ2) is 9.52. The number of benzene rings is 1. The zero-order chi connectivity index (χ0) is 23.7. The monoisotopic (exact) mass is 467 g/mol. The first kappa shape index (κ1) is 23.3. The van der Waals surface area contributed by atoms with Crippen LogP contribution in [-0.2, 0) is 4.74 Å². The SMILES string of the molecule is CC(=O)c1c(C)[nH]c(C(=O)C(C)Sc2nnc(N3CCOCC3)n2-c2ccc(C)cc2)c1C. The minimum atomic E-state index is -0.424. The Hall–Kier alpha value is -2.91. The molecule has 1 atom stereocenters.